The van der Waals surface area contributed by atoms with Crippen LogP contribution in [0.1, 0.15) is 27.3 Å². The number of nitrogens with one attached hydrogen (secondary N) is 1. The van der Waals surface area contributed by atoms with E-state index in [2.05, 4.69) is 15.4 Å². The van der Waals surface area contributed by atoms with E-state index < -0.39 is 0 Å². The fourth-order valence-corrected chi connectivity index (χ4v) is 2.11. The minimum absolute atomic E-state index is 0.140. The van der Waals surface area contributed by atoms with Crippen molar-refractivity contribution in [3.63, 3.8) is 0 Å². The Morgan fingerprint density at radius 2 is 2.20 bits per heavy atom. The summed E-state index contributed by atoms with van der Waals surface area (Å²) in [6.07, 6.45) is 1.65. The molecule has 106 valence electrons. The van der Waals surface area contributed by atoms with Crippen molar-refractivity contribution in [3.8, 4) is 5.88 Å². The first-order valence-electron chi connectivity index (χ1n) is 6.31. The highest BCUT2D eigenvalue weighted by Gasteiger charge is 2.17. The molecule has 0 aromatic carbocycles. The molecular formula is C14H18N4O2. The number of pyridine rings is 1. The smallest absolute Gasteiger partial charge is 0.255 e. The van der Waals surface area contributed by atoms with Gasteiger partial charge in [0.05, 0.1) is 18.4 Å². The highest BCUT2D eigenvalue weighted by atomic mass is 16.5. The zero-order chi connectivity index (χ0) is 14.7. The zero-order valence-electron chi connectivity index (χ0n) is 12.1. The maximum Gasteiger partial charge on any atom is 0.255 e. The highest BCUT2D eigenvalue weighted by Crippen LogP contribution is 2.15. The fourth-order valence-electron chi connectivity index (χ4n) is 2.11. The van der Waals surface area contributed by atoms with Crippen LogP contribution in [0, 0.1) is 13.8 Å². The van der Waals surface area contributed by atoms with Crippen LogP contribution < -0.4 is 10.1 Å². The highest BCUT2D eigenvalue weighted by molar-refractivity contribution is 5.96. The number of ether oxygens (including phenoxy) is 1. The molecule has 6 heteroatoms. The molecule has 0 aliphatic carbocycles. The van der Waals surface area contributed by atoms with Gasteiger partial charge in [0.25, 0.3) is 5.91 Å². The Labute approximate surface area is 117 Å². The van der Waals surface area contributed by atoms with E-state index in [0.717, 1.165) is 17.0 Å². The number of hydrogen-bond acceptors (Lipinski definition) is 4. The molecule has 0 saturated heterocycles. The number of aryl methyl sites for hydroxylation is 2. The summed E-state index contributed by atoms with van der Waals surface area (Å²) < 4.78 is 6.86. The third-order valence-electron chi connectivity index (χ3n) is 3.22. The average Bonchev–Trinajstić information content (AvgIpc) is 2.70. The number of nitrogens with zero attached hydrogens (tertiary/aromatic N) is 3. The van der Waals surface area contributed by atoms with Gasteiger partial charge in [-0.25, -0.2) is 4.98 Å². The summed E-state index contributed by atoms with van der Waals surface area (Å²) in [5.41, 5.74) is 3.02. The van der Waals surface area contributed by atoms with E-state index in [4.69, 9.17) is 4.74 Å². The lowest BCUT2D eigenvalue weighted by atomic mass is 10.2. The van der Waals surface area contributed by atoms with Gasteiger partial charge in [0.1, 0.15) is 0 Å². The molecule has 0 atom stereocenters. The van der Waals surface area contributed by atoms with Crippen LogP contribution in [-0.4, -0.2) is 27.8 Å². The number of carbonyl (C=O) groups excluding carboxylic acids is 1. The van der Waals surface area contributed by atoms with Crippen LogP contribution in [-0.2, 0) is 13.6 Å². The first kappa shape index (κ1) is 14.0. The van der Waals surface area contributed by atoms with E-state index in [0.29, 0.717) is 18.0 Å². The third-order valence-corrected chi connectivity index (χ3v) is 3.22. The Morgan fingerprint density at radius 1 is 1.45 bits per heavy atom. The summed E-state index contributed by atoms with van der Waals surface area (Å²) in [6.45, 7) is 4.07. The van der Waals surface area contributed by atoms with Crippen LogP contribution in [0.5, 0.6) is 5.88 Å². The lowest BCUT2D eigenvalue weighted by Crippen LogP contribution is -2.24. The van der Waals surface area contributed by atoms with Crippen molar-refractivity contribution in [2.24, 2.45) is 7.05 Å². The van der Waals surface area contributed by atoms with E-state index in [1.165, 1.54) is 0 Å². The van der Waals surface area contributed by atoms with Crippen molar-refractivity contribution >= 4 is 5.91 Å². The average molecular weight is 274 g/mol. The van der Waals surface area contributed by atoms with Crippen LogP contribution in [0.2, 0.25) is 0 Å². The van der Waals surface area contributed by atoms with Crippen molar-refractivity contribution in [1.29, 1.82) is 0 Å². The maximum absolute atomic E-state index is 12.2. The molecule has 0 aliphatic heterocycles. The van der Waals surface area contributed by atoms with Gasteiger partial charge in [-0.05, 0) is 19.9 Å². The standard InChI is InChI=1S/C14H18N4O2/c1-9-12(10(2)18(3)17-9)13(19)16-8-11-6-5-7-15-14(11)20-4/h5-7H,8H2,1-4H3,(H,16,19). The summed E-state index contributed by atoms with van der Waals surface area (Å²) in [4.78, 5) is 16.3. The number of amides is 1. The number of methoxy groups -OCH3 is 1. The van der Waals surface area contributed by atoms with Crippen molar-refractivity contribution in [2.75, 3.05) is 7.11 Å². The Balaban J connectivity index is 2.13. The monoisotopic (exact) mass is 274 g/mol. The number of carbonyl (C=O) groups is 1. The number of aromatic nitrogens is 3. The van der Waals surface area contributed by atoms with E-state index in [-0.39, 0.29) is 5.91 Å². The van der Waals surface area contributed by atoms with Gasteiger partial charge in [0.15, 0.2) is 0 Å². The van der Waals surface area contributed by atoms with Gasteiger partial charge in [0.2, 0.25) is 5.88 Å². The maximum atomic E-state index is 12.2. The Bertz CT molecular complexity index is 634. The van der Waals surface area contributed by atoms with Crippen LogP contribution in [0.4, 0.5) is 0 Å². The van der Waals surface area contributed by atoms with Crippen LogP contribution in [0.15, 0.2) is 18.3 Å². The molecule has 0 fully saturated rings. The normalized spacial score (nSPS) is 10.4. The molecule has 0 unspecified atom stereocenters. The van der Waals surface area contributed by atoms with Gasteiger partial charge in [-0.1, -0.05) is 6.07 Å². The molecule has 0 bridgehead atoms. The summed E-state index contributed by atoms with van der Waals surface area (Å²) in [5, 5.41) is 7.11. The number of rotatable bonds is 4. The first-order chi connectivity index (χ1) is 9.54. The van der Waals surface area contributed by atoms with Gasteiger partial charge in [0, 0.05) is 31.0 Å². The fraction of sp³-hybridized carbons (Fsp3) is 0.357. The molecule has 1 N–H and O–H groups in total. The predicted octanol–water partition coefficient (Wildman–Crippen LogP) is 1.37. The largest absolute Gasteiger partial charge is 0.481 e. The molecule has 0 radical (unpaired) electrons. The summed E-state index contributed by atoms with van der Waals surface area (Å²) in [5.74, 6) is 0.381. The molecule has 20 heavy (non-hydrogen) atoms. The van der Waals surface area contributed by atoms with E-state index >= 15 is 0 Å². The molecule has 0 spiro atoms. The topological polar surface area (TPSA) is 69.0 Å². The van der Waals surface area contributed by atoms with Gasteiger partial charge in [-0.3, -0.25) is 9.48 Å². The summed E-state index contributed by atoms with van der Waals surface area (Å²) in [7, 11) is 3.38. The van der Waals surface area contributed by atoms with Crippen molar-refractivity contribution < 1.29 is 9.53 Å². The van der Waals surface area contributed by atoms with Crippen LogP contribution in [0.3, 0.4) is 0 Å². The van der Waals surface area contributed by atoms with Gasteiger partial charge in [-0.15, -0.1) is 0 Å². The van der Waals surface area contributed by atoms with E-state index in [1.54, 1.807) is 18.0 Å². The molecule has 6 nitrogen and oxygen atoms in total. The molecule has 2 aromatic heterocycles. The predicted molar refractivity (Wildman–Crippen MR) is 74.6 cm³/mol. The Hall–Kier alpha value is -2.37. The Morgan fingerprint density at radius 3 is 2.80 bits per heavy atom. The molecule has 2 heterocycles. The SMILES string of the molecule is COc1ncccc1CNC(=O)c1c(C)nn(C)c1C. The molecule has 0 aliphatic rings. The zero-order valence-corrected chi connectivity index (χ0v) is 12.1. The molecule has 0 saturated carbocycles. The van der Waals surface area contributed by atoms with Crippen molar-refractivity contribution in [3.05, 3.63) is 40.8 Å². The van der Waals surface area contributed by atoms with Gasteiger partial charge < -0.3 is 10.1 Å². The lowest BCUT2D eigenvalue weighted by Gasteiger charge is -2.08. The van der Waals surface area contributed by atoms with Gasteiger partial charge in [-0.2, -0.15) is 5.10 Å². The molecule has 1 amide bonds. The van der Waals surface area contributed by atoms with Crippen LogP contribution in [0.25, 0.3) is 0 Å². The quantitative estimate of drug-likeness (QED) is 0.914. The van der Waals surface area contributed by atoms with Crippen molar-refractivity contribution in [1.82, 2.24) is 20.1 Å². The molecular weight excluding hydrogens is 256 g/mol. The summed E-state index contributed by atoms with van der Waals surface area (Å²) >= 11 is 0. The molecule has 2 aromatic rings. The van der Waals surface area contributed by atoms with E-state index in [9.17, 15) is 4.79 Å². The second kappa shape index (κ2) is 5.73. The van der Waals surface area contributed by atoms with Crippen molar-refractivity contribution in [2.45, 2.75) is 20.4 Å². The number of hydrogen-bond donors (Lipinski definition) is 1. The second-order valence-corrected chi connectivity index (χ2v) is 4.52. The van der Waals surface area contributed by atoms with Crippen LogP contribution >= 0.6 is 0 Å². The van der Waals surface area contributed by atoms with E-state index in [1.807, 2.05) is 33.0 Å². The minimum atomic E-state index is -0.140. The second-order valence-electron chi connectivity index (χ2n) is 4.52. The summed E-state index contributed by atoms with van der Waals surface area (Å²) in [6, 6.07) is 3.68. The minimum Gasteiger partial charge on any atom is -0.481 e. The molecule has 2 rings (SSSR count). The lowest BCUT2D eigenvalue weighted by molar-refractivity contribution is 0.0949. The third kappa shape index (κ3) is 2.64. The first-order valence-corrected chi connectivity index (χ1v) is 6.31. The van der Waals surface area contributed by atoms with Gasteiger partial charge >= 0.3 is 0 Å². The Kier molecular flexibility index (Phi) is 4.02.